The maximum atomic E-state index is 13.9. The number of rotatable bonds is 12. The van der Waals surface area contributed by atoms with Crippen molar-refractivity contribution in [3.8, 4) is 0 Å². The average molecular weight is 473 g/mol. The van der Waals surface area contributed by atoms with E-state index in [0.717, 1.165) is 11.8 Å². The van der Waals surface area contributed by atoms with Gasteiger partial charge in [-0.25, -0.2) is 31.1 Å². The molecule has 1 N–H and O–H groups in total. The Morgan fingerprint density at radius 1 is 0.939 bits per heavy atom. The second kappa shape index (κ2) is 12.2. The van der Waals surface area contributed by atoms with Crippen LogP contribution in [0.15, 0.2) is 71.8 Å². The molecule has 9 heteroatoms. The average Bonchev–Trinajstić information content (AvgIpc) is 2.66. The van der Waals surface area contributed by atoms with Crippen molar-refractivity contribution < 1.29 is 36.2 Å². The van der Waals surface area contributed by atoms with Crippen molar-refractivity contribution in [3.63, 3.8) is 0 Å². The number of carboxylic acid groups (broad SMARTS) is 1. The Morgan fingerprint density at radius 3 is 2.00 bits per heavy atom. The maximum Gasteiger partial charge on any atom is 0.335 e. The SMILES string of the molecule is CC(F)(F)CC(F)(F)C(N=CCC=C/C=C/C=C/C=C/c1ccc(C(=O)O)cc1)C(C)(F)F. The van der Waals surface area contributed by atoms with Crippen LogP contribution in [0.4, 0.5) is 26.3 Å². The summed E-state index contributed by atoms with van der Waals surface area (Å²) in [6, 6.07) is 3.43. The van der Waals surface area contributed by atoms with E-state index >= 15 is 0 Å². The van der Waals surface area contributed by atoms with Gasteiger partial charge in [0.1, 0.15) is 0 Å². The molecule has 0 bridgehead atoms. The molecule has 1 unspecified atom stereocenters. The molecule has 0 aliphatic heterocycles. The molecule has 0 fully saturated rings. The number of carboxylic acids is 1. The van der Waals surface area contributed by atoms with Crippen LogP contribution in [0.1, 0.15) is 42.6 Å². The molecule has 0 aromatic heterocycles. The molecule has 0 radical (unpaired) electrons. The van der Waals surface area contributed by atoms with E-state index in [1.54, 1.807) is 54.7 Å². The quantitative estimate of drug-likeness (QED) is 0.198. The van der Waals surface area contributed by atoms with Gasteiger partial charge in [-0.3, -0.25) is 4.99 Å². The van der Waals surface area contributed by atoms with Crippen LogP contribution in [0.25, 0.3) is 6.08 Å². The van der Waals surface area contributed by atoms with Crippen LogP contribution in [0.2, 0.25) is 0 Å². The Balaban J connectivity index is 2.55. The number of halogens is 6. The van der Waals surface area contributed by atoms with E-state index in [0.29, 0.717) is 0 Å². The summed E-state index contributed by atoms with van der Waals surface area (Å²) in [5.74, 6) is -13.1. The highest BCUT2D eigenvalue weighted by molar-refractivity contribution is 5.87. The van der Waals surface area contributed by atoms with Gasteiger partial charge in [-0.15, -0.1) is 0 Å². The summed E-state index contributed by atoms with van der Waals surface area (Å²) in [7, 11) is 0. The molecule has 0 heterocycles. The molecule has 1 aromatic carbocycles. The minimum atomic E-state index is -4.37. The summed E-state index contributed by atoms with van der Waals surface area (Å²) in [4.78, 5) is 13.9. The summed E-state index contributed by atoms with van der Waals surface area (Å²) < 4.78 is 80.5. The molecule has 3 nitrogen and oxygen atoms in total. The minimum absolute atomic E-state index is 0.0362. The molecule has 0 spiro atoms. The molecular formula is C24H25F6NO2. The molecule has 1 rings (SSSR count). The van der Waals surface area contributed by atoms with Gasteiger partial charge in [-0.2, -0.15) is 0 Å². The fourth-order valence-corrected chi connectivity index (χ4v) is 2.67. The Labute approximate surface area is 188 Å². The topological polar surface area (TPSA) is 49.7 Å². The molecule has 0 aliphatic carbocycles. The van der Waals surface area contributed by atoms with E-state index in [9.17, 15) is 31.1 Å². The summed E-state index contributed by atoms with van der Waals surface area (Å²) in [6.45, 7) is 0.467. The summed E-state index contributed by atoms with van der Waals surface area (Å²) in [5.41, 5.74) is 1.01. The highest BCUT2D eigenvalue weighted by Gasteiger charge is 2.55. The highest BCUT2D eigenvalue weighted by Crippen LogP contribution is 2.40. The number of aliphatic imine (C=N–C) groups is 1. The molecule has 180 valence electrons. The van der Waals surface area contributed by atoms with Gasteiger partial charge in [0.25, 0.3) is 17.8 Å². The fourth-order valence-electron chi connectivity index (χ4n) is 2.67. The molecule has 0 aliphatic rings. The lowest BCUT2D eigenvalue weighted by Crippen LogP contribution is -2.47. The number of carbonyl (C=O) groups is 1. The number of alkyl halides is 6. The number of aromatic carboxylic acids is 1. The number of hydrogen-bond acceptors (Lipinski definition) is 2. The van der Waals surface area contributed by atoms with Crippen molar-refractivity contribution in [1.29, 1.82) is 0 Å². The molecule has 1 atom stereocenters. The van der Waals surface area contributed by atoms with Gasteiger partial charge >= 0.3 is 5.97 Å². The largest absolute Gasteiger partial charge is 0.478 e. The van der Waals surface area contributed by atoms with E-state index in [1.165, 1.54) is 18.2 Å². The zero-order valence-electron chi connectivity index (χ0n) is 18.1. The van der Waals surface area contributed by atoms with Crippen molar-refractivity contribution >= 4 is 18.3 Å². The lowest BCUT2D eigenvalue weighted by atomic mass is 9.99. The second-order valence-electron chi connectivity index (χ2n) is 7.42. The smallest absolute Gasteiger partial charge is 0.335 e. The lowest BCUT2D eigenvalue weighted by Gasteiger charge is -2.29. The van der Waals surface area contributed by atoms with Crippen LogP contribution in [-0.4, -0.2) is 41.1 Å². The number of nitrogens with zero attached hydrogens (tertiary/aromatic N) is 1. The lowest BCUT2D eigenvalue weighted by molar-refractivity contribution is -0.160. The summed E-state index contributed by atoms with van der Waals surface area (Å²) >= 11 is 0. The Kier molecular flexibility index (Phi) is 10.3. The zero-order valence-corrected chi connectivity index (χ0v) is 18.1. The van der Waals surface area contributed by atoms with Crippen LogP contribution in [-0.2, 0) is 0 Å². The van der Waals surface area contributed by atoms with E-state index in [-0.39, 0.29) is 25.8 Å². The van der Waals surface area contributed by atoms with Crippen LogP contribution in [0.5, 0.6) is 0 Å². The van der Waals surface area contributed by atoms with Crippen molar-refractivity contribution in [2.45, 2.75) is 50.5 Å². The number of allylic oxidation sites excluding steroid dienone is 7. The first-order chi connectivity index (χ1) is 15.2. The van der Waals surface area contributed by atoms with Gasteiger partial charge in [0.05, 0.1) is 12.0 Å². The number of hydrogen-bond donors (Lipinski definition) is 1. The standard InChI is InChI=1S/C24H25F6NO2/c1-22(25,26)17-24(29,30)21(23(2,27)28)31-16-10-8-6-4-3-5-7-9-11-18-12-14-19(15-13-18)20(32)33/h3-9,11-16,21H,10,17H2,1-2H3,(H,32,33)/b4-3+,7-5+,8-6?,11-9+,31-16?. The third-order valence-corrected chi connectivity index (χ3v) is 4.06. The van der Waals surface area contributed by atoms with E-state index in [2.05, 4.69) is 4.99 Å². The molecule has 0 saturated carbocycles. The fraction of sp³-hybridized carbons (Fsp3) is 0.333. The van der Waals surface area contributed by atoms with E-state index < -0.39 is 36.2 Å². The van der Waals surface area contributed by atoms with E-state index in [1.807, 2.05) is 0 Å². The van der Waals surface area contributed by atoms with Gasteiger partial charge in [0.15, 0.2) is 6.04 Å². The number of benzene rings is 1. The third kappa shape index (κ3) is 11.4. The first kappa shape index (κ1) is 27.9. The Hall–Kier alpha value is -3.10. The first-order valence-corrected chi connectivity index (χ1v) is 9.87. The molecular weight excluding hydrogens is 448 g/mol. The Morgan fingerprint density at radius 2 is 1.48 bits per heavy atom. The Bertz CT molecular complexity index is 904. The summed E-state index contributed by atoms with van der Waals surface area (Å²) in [6.07, 6.45) is 12.0. The van der Waals surface area contributed by atoms with E-state index in [4.69, 9.17) is 5.11 Å². The van der Waals surface area contributed by atoms with Gasteiger partial charge < -0.3 is 5.11 Å². The van der Waals surface area contributed by atoms with Crippen LogP contribution in [0, 0.1) is 0 Å². The molecule has 33 heavy (non-hydrogen) atoms. The van der Waals surface area contributed by atoms with Gasteiger partial charge in [-0.1, -0.05) is 60.7 Å². The predicted octanol–water partition coefficient (Wildman–Crippen LogP) is 7.23. The first-order valence-electron chi connectivity index (χ1n) is 9.87. The van der Waals surface area contributed by atoms with Crippen molar-refractivity contribution in [2.24, 2.45) is 4.99 Å². The van der Waals surface area contributed by atoms with Crippen molar-refractivity contribution in [1.82, 2.24) is 0 Å². The zero-order chi connectivity index (χ0) is 25.1. The van der Waals surface area contributed by atoms with Gasteiger partial charge in [0, 0.05) is 19.6 Å². The molecule has 1 aromatic rings. The predicted molar refractivity (Wildman–Crippen MR) is 118 cm³/mol. The van der Waals surface area contributed by atoms with Crippen molar-refractivity contribution in [2.75, 3.05) is 0 Å². The van der Waals surface area contributed by atoms with Crippen LogP contribution >= 0.6 is 0 Å². The van der Waals surface area contributed by atoms with Gasteiger partial charge in [-0.05, 0) is 24.6 Å². The molecule has 0 amide bonds. The second-order valence-corrected chi connectivity index (χ2v) is 7.42. The van der Waals surface area contributed by atoms with Gasteiger partial charge in [0.2, 0.25) is 0 Å². The van der Waals surface area contributed by atoms with Crippen LogP contribution in [0.3, 0.4) is 0 Å². The monoisotopic (exact) mass is 473 g/mol. The third-order valence-electron chi connectivity index (χ3n) is 4.06. The highest BCUT2D eigenvalue weighted by atomic mass is 19.3. The van der Waals surface area contributed by atoms with Crippen LogP contribution < -0.4 is 0 Å². The van der Waals surface area contributed by atoms with Crippen molar-refractivity contribution in [3.05, 3.63) is 77.9 Å². The normalized spacial score (nSPS) is 15.0. The molecule has 0 saturated heterocycles. The maximum absolute atomic E-state index is 13.9. The minimum Gasteiger partial charge on any atom is -0.478 e. The summed E-state index contributed by atoms with van der Waals surface area (Å²) in [5, 5.41) is 8.83.